The molecule has 2 rings (SSSR count). The summed E-state index contributed by atoms with van der Waals surface area (Å²) in [5.74, 6) is 0.689. The van der Waals surface area contributed by atoms with Crippen LogP contribution in [-0.4, -0.2) is 11.5 Å². The molecule has 0 saturated heterocycles. The Bertz CT molecular complexity index is 294. The highest BCUT2D eigenvalue weighted by Crippen LogP contribution is 2.28. The molecule has 1 aromatic heterocycles. The van der Waals surface area contributed by atoms with E-state index in [4.69, 9.17) is 4.98 Å². The zero-order valence-corrected chi connectivity index (χ0v) is 10.5. The number of aryl methyl sites for hydroxylation is 2. The van der Waals surface area contributed by atoms with Crippen LogP contribution < -0.4 is 5.32 Å². The number of rotatable bonds is 3. The first-order valence-electron chi connectivity index (χ1n) is 5.98. The molecule has 1 aliphatic rings. The maximum Gasteiger partial charge on any atom is 0.183 e. The Balaban J connectivity index is 2.02. The van der Waals surface area contributed by atoms with E-state index in [1.807, 2.05) is 11.3 Å². The predicted molar refractivity (Wildman–Crippen MR) is 66.7 cm³/mol. The molecule has 0 atom stereocenters. The minimum atomic E-state index is 0.689. The Kier molecular flexibility index (Phi) is 3.62. The molecule has 2 nitrogen and oxygen atoms in total. The second-order valence-corrected chi connectivity index (χ2v) is 5.81. The lowest BCUT2D eigenvalue weighted by atomic mass is 10.2. The largest absolute Gasteiger partial charge is 0.361 e. The fourth-order valence-corrected chi connectivity index (χ4v) is 2.95. The third-order valence-electron chi connectivity index (χ3n) is 2.76. The quantitative estimate of drug-likeness (QED) is 0.795. The van der Waals surface area contributed by atoms with E-state index in [2.05, 4.69) is 19.2 Å². The van der Waals surface area contributed by atoms with E-state index in [1.165, 1.54) is 42.7 Å². The molecule has 1 N–H and O–H groups in total. The Labute approximate surface area is 96.1 Å². The van der Waals surface area contributed by atoms with Crippen molar-refractivity contribution < 1.29 is 0 Å². The molecule has 0 fully saturated rings. The van der Waals surface area contributed by atoms with Crippen molar-refractivity contribution in [2.45, 2.75) is 46.0 Å². The molecule has 1 heterocycles. The van der Waals surface area contributed by atoms with Crippen LogP contribution in [0, 0.1) is 5.92 Å². The lowest BCUT2D eigenvalue weighted by Crippen LogP contribution is -2.07. The Morgan fingerprint density at radius 1 is 1.27 bits per heavy atom. The van der Waals surface area contributed by atoms with Gasteiger partial charge in [0.05, 0.1) is 5.69 Å². The fraction of sp³-hybridized carbons (Fsp3) is 0.750. The van der Waals surface area contributed by atoms with Gasteiger partial charge in [-0.3, -0.25) is 0 Å². The molecule has 3 heteroatoms. The van der Waals surface area contributed by atoms with E-state index < -0.39 is 0 Å². The minimum Gasteiger partial charge on any atom is -0.361 e. The highest BCUT2D eigenvalue weighted by Gasteiger charge is 2.13. The monoisotopic (exact) mass is 224 g/mol. The number of anilines is 1. The van der Waals surface area contributed by atoms with Crippen molar-refractivity contribution in [3.05, 3.63) is 10.6 Å². The van der Waals surface area contributed by atoms with Gasteiger partial charge in [-0.25, -0.2) is 4.98 Å². The number of fused-ring (bicyclic) bond motifs is 1. The molecule has 0 aliphatic heterocycles. The van der Waals surface area contributed by atoms with Crippen LogP contribution in [0.25, 0.3) is 0 Å². The standard InChI is InChI=1S/C12H20N2S/c1-9(2)8-13-12-14-10-6-4-3-5-7-11(10)15-12/h9H,3-8H2,1-2H3,(H,13,14). The number of hydrogen-bond donors (Lipinski definition) is 1. The van der Waals surface area contributed by atoms with Crippen molar-refractivity contribution in [1.82, 2.24) is 4.98 Å². The van der Waals surface area contributed by atoms with E-state index in [9.17, 15) is 0 Å². The summed E-state index contributed by atoms with van der Waals surface area (Å²) in [6.45, 7) is 5.49. The first-order chi connectivity index (χ1) is 7.25. The second-order valence-electron chi connectivity index (χ2n) is 4.72. The summed E-state index contributed by atoms with van der Waals surface area (Å²) in [6, 6.07) is 0. The van der Waals surface area contributed by atoms with E-state index in [1.54, 1.807) is 0 Å². The normalized spacial score (nSPS) is 16.2. The summed E-state index contributed by atoms with van der Waals surface area (Å²) >= 11 is 1.87. The molecule has 0 aromatic carbocycles. The molecule has 0 unspecified atom stereocenters. The molecule has 84 valence electrons. The highest BCUT2D eigenvalue weighted by atomic mass is 32.1. The molecule has 0 spiro atoms. The average Bonchev–Trinajstić information content (AvgIpc) is 2.46. The van der Waals surface area contributed by atoms with E-state index in [0.717, 1.165) is 11.7 Å². The average molecular weight is 224 g/mol. The number of nitrogens with zero attached hydrogens (tertiary/aromatic N) is 1. The van der Waals surface area contributed by atoms with Gasteiger partial charge in [0.25, 0.3) is 0 Å². The summed E-state index contributed by atoms with van der Waals surface area (Å²) in [5, 5.41) is 4.56. The van der Waals surface area contributed by atoms with Gasteiger partial charge in [-0.05, 0) is 31.6 Å². The second kappa shape index (κ2) is 4.97. The maximum absolute atomic E-state index is 4.69. The van der Waals surface area contributed by atoms with Gasteiger partial charge in [0.1, 0.15) is 0 Å². The van der Waals surface area contributed by atoms with Crippen molar-refractivity contribution >= 4 is 16.5 Å². The number of thiazole rings is 1. The van der Waals surface area contributed by atoms with Crippen LogP contribution in [0.3, 0.4) is 0 Å². The summed E-state index contributed by atoms with van der Waals surface area (Å²) < 4.78 is 0. The fourth-order valence-electron chi connectivity index (χ4n) is 1.90. The Morgan fingerprint density at radius 3 is 2.87 bits per heavy atom. The van der Waals surface area contributed by atoms with Crippen molar-refractivity contribution in [2.75, 3.05) is 11.9 Å². The lowest BCUT2D eigenvalue weighted by molar-refractivity contribution is 0.687. The van der Waals surface area contributed by atoms with Gasteiger partial charge in [0.2, 0.25) is 0 Å². The minimum absolute atomic E-state index is 0.689. The predicted octanol–water partition coefficient (Wildman–Crippen LogP) is 3.48. The Morgan fingerprint density at radius 2 is 2.07 bits per heavy atom. The van der Waals surface area contributed by atoms with Crippen molar-refractivity contribution in [3.63, 3.8) is 0 Å². The topological polar surface area (TPSA) is 24.9 Å². The SMILES string of the molecule is CC(C)CNc1nc2c(s1)CCCCC2. The summed E-state index contributed by atoms with van der Waals surface area (Å²) in [4.78, 5) is 6.22. The van der Waals surface area contributed by atoms with Gasteiger partial charge in [-0.2, -0.15) is 0 Å². The van der Waals surface area contributed by atoms with Crippen molar-refractivity contribution in [2.24, 2.45) is 5.92 Å². The summed E-state index contributed by atoms with van der Waals surface area (Å²) in [7, 11) is 0. The number of nitrogens with one attached hydrogen (secondary N) is 1. The smallest absolute Gasteiger partial charge is 0.183 e. The van der Waals surface area contributed by atoms with Crippen LogP contribution in [0.2, 0.25) is 0 Å². The zero-order chi connectivity index (χ0) is 10.7. The van der Waals surface area contributed by atoms with Gasteiger partial charge in [0.15, 0.2) is 5.13 Å². The molecule has 0 bridgehead atoms. The highest BCUT2D eigenvalue weighted by molar-refractivity contribution is 7.15. The maximum atomic E-state index is 4.69. The summed E-state index contributed by atoms with van der Waals surface area (Å²) in [5.41, 5.74) is 1.36. The van der Waals surface area contributed by atoms with Crippen LogP contribution in [0.1, 0.15) is 43.7 Å². The first kappa shape index (κ1) is 10.9. The van der Waals surface area contributed by atoms with Crippen LogP contribution in [-0.2, 0) is 12.8 Å². The van der Waals surface area contributed by atoms with Gasteiger partial charge in [-0.15, -0.1) is 11.3 Å². The van der Waals surface area contributed by atoms with E-state index in [0.29, 0.717) is 5.92 Å². The third-order valence-corrected chi connectivity index (χ3v) is 3.87. The van der Waals surface area contributed by atoms with Gasteiger partial charge in [0, 0.05) is 11.4 Å². The molecule has 1 aromatic rings. The first-order valence-corrected chi connectivity index (χ1v) is 6.80. The van der Waals surface area contributed by atoms with Gasteiger partial charge < -0.3 is 5.32 Å². The molecule has 0 saturated carbocycles. The Hall–Kier alpha value is -0.570. The third kappa shape index (κ3) is 2.94. The number of aromatic nitrogens is 1. The molecule has 1 aliphatic carbocycles. The van der Waals surface area contributed by atoms with Crippen LogP contribution in [0.4, 0.5) is 5.13 Å². The van der Waals surface area contributed by atoms with E-state index >= 15 is 0 Å². The summed E-state index contributed by atoms with van der Waals surface area (Å²) in [6.07, 6.45) is 6.47. The van der Waals surface area contributed by atoms with Gasteiger partial charge >= 0.3 is 0 Å². The molecule has 0 amide bonds. The molecular weight excluding hydrogens is 204 g/mol. The van der Waals surface area contributed by atoms with Crippen LogP contribution in [0.15, 0.2) is 0 Å². The molecule has 0 radical (unpaired) electrons. The lowest BCUT2D eigenvalue weighted by Gasteiger charge is -2.04. The van der Waals surface area contributed by atoms with Crippen molar-refractivity contribution in [1.29, 1.82) is 0 Å². The van der Waals surface area contributed by atoms with Crippen LogP contribution in [0.5, 0.6) is 0 Å². The van der Waals surface area contributed by atoms with Crippen molar-refractivity contribution in [3.8, 4) is 0 Å². The zero-order valence-electron chi connectivity index (χ0n) is 9.68. The van der Waals surface area contributed by atoms with E-state index in [-0.39, 0.29) is 0 Å². The van der Waals surface area contributed by atoms with Crippen LogP contribution >= 0.6 is 11.3 Å². The molecule has 15 heavy (non-hydrogen) atoms. The number of hydrogen-bond acceptors (Lipinski definition) is 3. The molecular formula is C12H20N2S. The van der Waals surface area contributed by atoms with Gasteiger partial charge in [-0.1, -0.05) is 20.3 Å².